The van der Waals surface area contributed by atoms with Crippen molar-refractivity contribution in [3.05, 3.63) is 79.3 Å². The maximum Gasteiger partial charge on any atom is 0.251 e. The molecule has 0 aliphatic carbocycles. The molecule has 0 aliphatic heterocycles. The molecule has 1 aromatic carbocycles. The van der Waals surface area contributed by atoms with E-state index in [1.807, 2.05) is 33.7 Å². The Hall–Kier alpha value is -2.21. The number of hydrogen-bond acceptors (Lipinski definition) is 3. The average Bonchev–Trinajstić information content (AvgIpc) is 3.19. The van der Waals surface area contributed by atoms with Crippen molar-refractivity contribution in [3.63, 3.8) is 0 Å². The minimum absolute atomic E-state index is 0.0500. The molecule has 4 aromatic rings. The zero-order chi connectivity index (χ0) is 17.6. The van der Waals surface area contributed by atoms with Crippen molar-refractivity contribution in [1.82, 2.24) is 9.13 Å². The fourth-order valence-electron chi connectivity index (χ4n) is 2.93. The Labute approximate surface area is 157 Å². The SMILES string of the molecule is Nc1cc(Cl)c(-n2ccc3c2ccc(=O)n3Cc2ccsc2)c(Cl)c1. The molecule has 0 radical (unpaired) electrons. The van der Waals surface area contributed by atoms with Crippen molar-refractivity contribution < 1.29 is 0 Å². The summed E-state index contributed by atoms with van der Waals surface area (Å²) in [4.78, 5) is 12.4. The monoisotopic (exact) mass is 389 g/mol. The van der Waals surface area contributed by atoms with E-state index in [9.17, 15) is 4.79 Å². The van der Waals surface area contributed by atoms with Gasteiger partial charge in [0.2, 0.25) is 0 Å². The predicted molar refractivity (Wildman–Crippen MR) is 105 cm³/mol. The van der Waals surface area contributed by atoms with E-state index in [4.69, 9.17) is 28.9 Å². The van der Waals surface area contributed by atoms with Gasteiger partial charge in [0.1, 0.15) is 0 Å². The van der Waals surface area contributed by atoms with Crippen LogP contribution in [0.1, 0.15) is 5.56 Å². The number of nitrogen functional groups attached to an aromatic ring is 1. The lowest BCUT2D eigenvalue weighted by atomic mass is 10.2. The topological polar surface area (TPSA) is 52.9 Å². The first-order valence-electron chi connectivity index (χ1n) is 7.51. The second-order valence-electron chi connectivity index (χ2n) is 5.68. The highest BCUT2D eigenvalue weighted by atomic mass is 35.5. The molecule has 4 nitrogen and oxygen atoms in total. The summed E-state index contributed by atoms with van der Waals surface area (Å²) < 4.78 is 3.62. The third-order valence-electron chi connectivity index (χ3n) is 4.04. The number of aromatic nitrogens is 2. The van der Waals surface area contributed by atoms with Gasteiger partial charge in [0.25, 0.3) is 5.56 Å². The third kappa shape index (κ3) is 2.84. The largest absolute Gasteiger partial charge is 0.399 e. The van der Waals surface area contributed by atoms with E-state index in [1.54, 1.807) is 40.2 Å². The summed E-state index contributed by atoms with van der Waals surface area (Å²) in [6, 6.07) is 10.6. The number of nitrogens with zero attached hydrogens (tertiary/aromatic N) is 2. The number of thiophene rings is 1. The summed E-state index contributed by atoms with van der Waals surface area (Å²) in [5.41, 5.74) is 9.66. The van der Waals surface area contributed by atoms with Crippen LogP contribution in [-0.2, 0) is 6.54 Å². The van der Waals surface area contributed by atoms with Crippen LogP contribution in [0.2, 0.25) is 10.0 Å². The number of anilines is 1. The molecule has 25 heavy (non-hydrogen) atoms. The van der Waals surface area contributed by atoms with Crippen LogP contribution in [0.25, 0.3) is 16.7 Å². The zero-order valence-electron chi connectivity index (χ0n) is 12.9. The molecule has 0 bridgehead atoms. The maximum atomic E-state index is 12.4. The summed E-state index contributed by atoms with van der Waals surface area (Å²) in [6.45, 7) is 0.521. The molecule has 3 heterocycles. The molecule has 0 unspecified atom stereocenters. The van der Waals surface area contributed by atoms with Crippen LogP contribution in [0.5, 0.6) is 0 Å². The van der Waals surface area contributed by atoms with E-state index in [1.165, 1.54) is 0 Å². The second kappa shape index (κ2) is 6.26. The van der Waals surface area contributed by atoms with Crippen LogP contribution >= 0.6 is 34.5 Å². The minimum atomic E-state index is -0.0500. The molecular weight excluding hydrogens is 377 g/mol. The van der Waals surface area contributed by atoms with Crippen LogP contribution in [-0.4, -0.2) is 9.13 Å². The number of rotatable bonds is 3. The van der Waals surface area contributed by atoms with Crippen LogP contribution in [0.15, 0.2) is 58.1 Å². The molecule has 7 heteroatoms. The number of hydrogen-bond donors (Lipinski definition) is 1. The molecule has 3 aromatic heterocycles. The van der Waals surface area contributed by atoms with Gasteiger partial charge in [0, 0.05) is 18.0 Å². The Morgan fingerprint density at radius 1 is 1.04 bits per heavy atom. The van der Waals surface area contributed by atoms with Crippen LogP contribution in [0, 0.1) is 0 Å². The average molecular weight is 390 g/mol. The van der Waals surface area contributed by atoms with E-state index in [0.29, 0.717) is 28.0 Å². The van der Waals surface area contributed by atoms with Crippen LogP contribution < -0.4 is 11.3 Å². The van der Waals surface area contributed by atoms with Crippen molar-refractivity contribution in [2.24, 2.45) is 0 Å². The Morgan fingerprint density at radius 2 is 1.80 bits per heavy atom. The normalized spacial score (nSPS) is 11.3. The van der Waals surface area contributed by atoms with Crippen molar-refractivity contribution in [3.8, 4) is 5.69 Å². The van der Waals surface area contributed by atoms with E-state index in [2.05, 4.69) is 0 Å². The Balaban J connectivity index is 1.93. The van der Waals surface area contributed by atoms with E-state index < -0.39 is 0 Å². The number of benzene rings is 1. The molecule has 0 saturated carbocycles. The third-order valence-corrected chi connectivity index (χ3v) is 5.35. The highest BCUT2D eigenvalue weighted by Crippen LogP contribution is 2.33. The number of pyridine rings is 1. The lowest BCUT2D eigenvalue weighted by Crippen LogP contribution is -2.19. The summed E-state index contributed by atoms with van der Waals surface area (Å²) in [6.07, 6.45) is 1.86. The quantitative estimate of drug-likeness (QED) is 0.512. The van der Waals surface area contributed by atoms with Gasteiger partial charge in [-0.3, -0.25) is 4.79 Å². The standard InChI is InChI=1S/C18H13Cl2N3OS/c19-13-7-12(21)8-14(20)18(13)22-5-3-16-15(22)1-2-17(24)23(16)9-11-4-6-25-10-11/h1-8,10H,9,21H2. The molecule has 0 spiro atoms. The van der Waals surface area contributed by atoms with Gasteiger partial charge in [-0.15, -0.1) is 0 Å². The summed E-state index contributed by atoms with van der Waals surface area (Å²) in [5, 5.41) is 4.95. The van der Waals surface area contributed by atoms with Gasteiger partial charge in [0.15, 0.2) is 0 Å². The van der Waals surface area contributed by atoms with Gasteiger partial charge < -0.3 is 14.9 Å². The number of nitrogens with two attached hydrogens (primary N) is 1. The molecular formula is C18H13Cl2N3OS. The molecule has 0 aliphatic rings. The fraction of sp³-hybridized carbons (Fsp3) is 0.0556. The lowest BCUT2D eigenvalue weighted by molar-refractivity contribution is 0.797. The second-order valence-corrected chi connectivity index (χ2v) is 7.27. The van der Waals surface area contributed by atoms with Gasteiger partial charge in [0.05, 0.1) is 33.3 Å². The molecule has 0 fully saturated rings. The first-order chi connectivity index (χ1) is 12.0. The van der Waals surface area contributed by atoms with E-state index in [0.717, 1.165) is 16.6 Å². The van der Waals surface area contributed by atoms with Crippen LogP contribution in [0.3, 0.4) is 0 Å². The first-order valence-corrected chi connectivity index (χ1v) is 9.21. The van der Waals surface area contributed by atoms with Gasteiger partial charge in [-0.05, 0) is 46.7 Å². The van der Waals surface area contributed by atoms with Gasteiger partial charge in [-0.1, -0.05) is 23.2 Å². The molecule has 0 amide bonds. The first kappa shape index (κ1) is 16.3. The highest BCUT2D eigenvalue weighted by Gasteiger charge is 2.14. The van der Waals surface area contributed by atoms with Crippen molar-refractivity contribution in [2.75, 3.05) is 5.73 Å². The van der Waals surface area contributed by atoms with Gasteiger partial charge >= 0.3 is 0 Å². The Bertz CT molecular complexity index is 1110. The number of halogens is 2. The van der Waals surface area contributed by atoms with E-state index in [-0.39, 0.29) is 5.56 Å². The summed E-state index contributed by atoms with van der Waals surface area (Å²) >= 11 is 14.3. The minimum Gasteiger partial charge on any atom is -0.399 e. The van der Waals surface area contributed by atoms with Gasteiger partial charge in [-0.25, -0.2) is 0 Å². The van der Waals surface area contributed by atoms with Crippen LogP contribution in [0.4, 0.5) is 5.69 Å². The van der Waals surface area contributed by atoms with E-state index >= 15 is 0 Å². The zero-order valence-corrected chi connectivity index (χ0v) is 15.3. The van der Waals surface area contributed by atoms with Gasteiger partial charge in [-0.2, -0.15) is 11.3 Å². The molecule has 2 N–H and O–H groups in total. The summed E-state index contributed by atoms with van der Waals surface area (Å²) in [7, 11) is 0. The summed E-state index contributed by atoms with van der Waals surface area (Å²) in [5.74, 6) is 0. The fourth-order valence-corrected chi connectivity index (χ4v) is 4.27. The molecule has 0 saturated heterocycles. The Morgan fingerprint density at radius 3 is 2.48 bits per heavy atom. The highest BCUT2D eigenvalue weighted by molar-refractivity contribution is 7.07. The van der Waals surface area contributed by atoms with Crippen molar-refractivity contribution in [2.45, 2.75) is 6.54 Å². The molecule has 4 rings (SSSR count). The van der Waals surface area contributed by atoms with Crippen molar-refractivity contribution >= 4 is 51.3 Å². The van der Waals surface area contributed by atoms with Crippen molar-refractivity contribution in [1.29, 1.82) is 0 Å². The predicted octanol–water partition coefficient (Wildman–Crippen LogP) is 4.79. The lowest BCUT2D eigenvalue weighted by Gasteiger charge is -2.12. The molecule has 126 valence electrons. The maximum absolute atomic E-state index is 12.4. The smallest absolute Gasteiger partial charge is 0.251 e. The Kier molecular flexibility index (Phi) is 4.07. The molecule has 0 atom stereocenters. The number of fused-ring (bicyclic) bond motifs is 1.